The van der Waals surface area contributed by atoms with E-state index in [4.69, 9.17) is 17.0 Å². The van der Waals surface area contributed by atoms with Gasteiger partial charge in [0.1, 0.15) is 10.6 Å². The molecule has 3 rings (SSSR count). The first kappa shape index (κ1) is 20.5. The molecule has 1 amide bonds. The van der Waals surface area contributed by atoms with E-state index in [1.54, 1.807) is 11.6 Å². The van der Waals surface area contributed by atoms with Crippen LogP contribution in [0.3, 0.4) is 0 Å². The van der Waals surface area contributed by atoms with Crippen LogP contribution in [0.25, 0.3) is 0 Å². The number of rotatable bonds is 7. The highest BCUT2D eigenvalue weighted by atomic mass is 32.2. The van der Waals surface area contributed by atoms with Gasteiger partial charge in [-0.15, -0.1) is 0 Å². The molecule has 1 aromatic carbocycles. The highest BCUT2D eigenvalue weighted by Gasteiger charge is 2.26. The van der Waals surface area contributed by atoms with Crippen LogP contribution in [-0.4, -0.2) is 42.2 Å². The number of hydrogen-bond donors (Lipinski definition) is 3. The Kier molecular flexibility index (Phi) is 6.16. The molecule has 1 saturated carbocycles. The molecule has 1 heterocycles. The van der Waals surface area contributed by atoms with Crippen molar-refractivity contribution in [3.05, 3.63) is 34.4 Å². The van der Waals surface area contributed by atoms with Crippen LogP contribution >= 0.6 is 12.2 Å². The number of amides is 1. The summed E-state index contributed by atoms with van der Waals surface area (Å²) in [4.78, 5) is 12.5. The lowest BCUT2D eigenvalue weighted by atomic mass is 10.2. The number of benzene rings is 1. The van der Waals surface area contributed by atoms with Gasteiger partial charge >= 0.3 is 0 Å². The predicted molar refractivity (Wildman–Crippen MR) is 105 cm³/mol. The maximum atomic E-state index is 12.8. The lowest BCUT2D eigenvalue weighted by Crippen LogP contribution is -2.33. The molecule has 0 atom stereocenters. The van der Waals surface area contributed by atoms with Gasteiger partial charge in [0.05, 0.1) is 13.7 Å². The van der Waals surface area contributed by atoms with Crippen LogP contribution in [-0.2, 0) is 23.6 Å². The summed E-state index contributed by atoms with van der Waals surface area (Å²) in [7, 11) is -0.671. The summed E-state index contributed by atoms with van der Waals surface area (Å²) in [6.45, 7) is 0.150. The Morgan fingerprint density at radius 3 is 2.71 bits per heavy atom. The van der Waals surface area contributed by atoms with Gasteiger partial charge in [-0.05, 0) is 43.3 Å². The summed E-state index contributed by atoms with van der Waals surface area (Å²) in [6, 6.07) is 4.24. The third-order valence-electron chi connectivity index (χ3n) is 4.77. The van der Waals surface area contributed by atoms with Crippen LogP contribution in [0.15, 0.2) is 23.1 Å². The zero-order valence-electron chi connectivity index (χ0n) is 15.7. The molecule has 1 aliphatic carbocycles. The Bertz CT molecular complexity index is 1020. The molecule has 11 heteroatoms. The lowest BCUT2D eigenvalue weighted by Gasteiger charge is -2.15. The fourth-order valence-electron chi connectivity index (χ4n) is 3.15. The average molecular weight is 426 g/mol. The third-order valence-corrected chi connectivity index (χ3v) is 6.68. The van der Waals surface area contributed by atoms with Crippen LogP contribution < -0.4 is 14.8 Å². The fraction of sp³-hybridized carbons (Fsp3) is 0.471. The minimum absolute atomic E-state index is 0.0484. The number of aromatic amines is 1. The van der Waals surface area contributed by atoms with E-state index >= 15 is 0 Å². The first-order valence-corrected chi connectivity index (χ1v) is 10.8. The van der Waals surface area contributed by atoms with E-state index in [9.17, 15) is 13.2 Å². The number of sulfonamides is 1. The summed E-state index contributed by atoms with van der Waals surface area (Å²) in [6.07, 6.45) is 3.63. The van der Waals surface area contributed by atoms with Crippen molar-refractivity contribution in [1.82, 2.24) is 24.8 Å². The van der Waals surface area contributed by atoms with Crippen molar-refractivity contribution in [1.29, 1.82) is 0 Å². The molecule has 152 valence electrons. The fourth-order valence-corrected chi connectivity index (χ4v) is 4.80. The Balaban J connectivity index is 1.80. The van der Waals surface area contributed by atoms with Crippen molar-refractivity contribution in [2.24, 2.45) is 7.05 Å². The van der Waals surface area contributed by atoms with Gasteiger partial charge in [-0.25, -0.2) is 13.1 Å². The molecule has 3 N–H and O–H groups in total. The van der Waals surface area contributed by atoms with Crippen LogP contribution in [0.2, 0.25) is 0 Å². The summed E-state index contributed by atoms with van der Waals surface area (Å²) in [5.41, 5.74) is 0.212. The van der Waals surface area contributed by atoms with E-state index in [2.05, 4.69) is 20.2 Å². The van der Waals surface area contributed by atoms with Crippen LogP contribution in [0, 0.1) is 4.77 Å². The lowest BCUT2D eigenvalue weighted by molar-refractivity contribution is 0.0949. The van der Waals surface area contributed by atoms with Crippen molar-refractivity contribution in [2.75, 3.05) is 7.11 Å². The van der Waals surface area contributed by atoms with Crippen LogP contribution in [0.4, 0.5) is 0 Å². The zero-order chi connectivity index (χ0) is 20.3. The van der Waals surface area contributed by atoms with E-state index in [-0.39, 0.29) is 28.8 Å². The molecule has 0 bridgehead atoms. The third kappa shape index (κ3) is 4.42. The van der Waals surface area contributed by atoms with Crippen molar-refractivity contribution in [3.8, 4) is 5.75 Å². The second-order valence-corrected chi connectivity index (χ2v) is 8.72. The van der Waals surface area contributed by atoms with Gasteiger partial charge in [0.15, 0.2) is 10.6 Å². The summed E-state index contributed by atoms with van der Waals surface area (Å²) < 4.78 is 35.6. The Morgan fingerprint density at radius 2 is 2.11 bits per heavy atom. The number of hydrogen-bond acceptors (Lipinski definition) is 6. The highest BCUT2D eigenvalue weighted by Crippen LogP contribution is 2.27. The monoisotopic (exact) mass is 425 g/mol. The zero-order valence-corrected chi connectivity index (χ0v) is 17.3. The minimum Gasteiger partial charge on any atom is -0.495 e. The van der Waals surface area contributed by atoms with Crippen LogP contribution in [0.1, 0.15) is 41.9 Å². The molecular weight excluding hydrogens is 402 g/mol. The van der Waals surface area contributed by atoms with Crippen molar-refractivity contribution in [2.45, 2.75) is 43.2 Å². The van der Waals surface area contributed by atoms with Gasteiger partial charge < -0.3 is 14.6 Å². The van der Waals surface area contributed by atoms with Gasteiger partial charge in [0.25, 0.3) is 5.91 Å². The molecule has 2 aromatic rings. The van der Waals surface area contributed by atoms with E-state index < -0.39 is 15.9 Å². The van der Waals surface area contributed by atoms with E-state index in [1.807, 2.05) is 0 Å². The van der Waals surface area contributed by atoms with Gasteiger partial charge in [-0.3, -0.25) is 9.89 Å². The quantitative estimate of drug-likeness (QED) is 0.581. The molecule has 0 saturated heterocycles. The molecule has 0 radical (unpaired) electrons. The summed E-state index contributed by atoms with van der Waals surface area (Å²) >= 11 is 5.04. The van der Waals surface area contributed by atoms with Crippen LogP contribution in [0.5, 0.6) is 5.75 Å². The Morgan fingerprint density at radius 1 is 1.39 bits per heavy atom. The smallest absolute Gasteiger partial charge is 0.251 e. The number of aromatic nitrogens is 3. The van der Waals surface area contributed by atoms with E-state index in [0.29, 0.717) is 10.6 Å². The number of carbonyl (C=O) groups is 1. The topological polar surface area (TPSA) is 118 Å². The van der Waals surface area contributed by atoms with E-state index in [0.717, 1.165) is 25.7 Å². The van der Waals surface area contributed by atoms with Crippen molar-refractivity contribution >= 4 is 28.1 Å². The Labute approximate surface area is 168 Å². The first-order chi connectivity index (χ1) is 13.3. The number of nitrogens with one attached hydrogen (secondary N) is 3. The van der Waals surface area contributed by atoms with E-state index in [1.165, 1.54) is 25.3 Å². The first-order valence-electron chi connectivity index (χ1n) is 8.90. The molecule has 0 unspecified atom stereocenters. The molecule has 0 aliphatic heterocycles. The summed E-state index contributed by atoms with van der Waals surface area (Å²) in [5.74, 6) is 0.327. The standard InChI is InChI=1S/C17H23N5O4S2/c1-22-15(19-20-17(22)27)10-18-16(23)11-7-8-13(26-2)14(9-11)28(24,25)21-12-5-3-4-6-12/h7-9,12,21H,3-6,10H2,1-2H3,(H,18,23)(H,20,27). The maximum Gasteiger partial charge on any atom is 0.251 e. The molecule has 28 heavy (non-hydrogen) atoms. The van der Waals surface area contributed by atoms with Gasteiger partial charge in [0, 0.05) is 18.7 Å². The number of ether oxygens (including phenoxy) is 1. The van der Waals surface area contributed by atoms with Gasteiger partial charge in [-0.1, -0.05) is 12.8 Å². The number of nitrogens with zero attached hydrogens (tertiary/aromatic N) is 2. The highest BCUT2D eigenvalue weighted by molar-refractivity contribution is 7.89. The number of carbonyl (C=O) groups excluding carboxylic acids is 1. The normalized spacial score (nSPS) is 14.9. The van der Waals surface area contributed by atoms with Gasteiger partial charge in [-0.2, -0.15) is 5.10 Å². The molecular formula is C17H23N5O4S2. The van der Waals surface area contributed by atoms with Gasteiger partial charge in [0.2, 0.25) is 10.0 Å². The molecule has 1 fully saturated rings. The van der Waals surface area contributed by atoms with Crippen molar-refractivity contribution < 1.29 is 17.9 Å². The molecule has 1 aliphatic rings. The summed E-state index contributed by atoms with van der Waals surface area (Å²) in [5, 5.41) is 9.38. The number of H-pyrrole nitrogens is 1. The minimum atomic E-state index is -3.80. The SMILES string of the molecule is COc1ccc(C(=O)NCc2n[nH]c(=S)n2C)cc1S(=O)(=O)NC1CCCC1. The Hall–Kier alpha value is -2.24. The average Bonchev–Trinajstić information content (AvgIpc) is 3.29. The second-order valence-electron chi connectivity index (χ2n) is 6.65. The largest absolute Gasteiger partial charge is 0.495 e. The molecule has 0 spiro atoms. The predicted octanol–water partition coefficient (Wildman–Crippen LogP) is 1.64. The molecule has 9 nitrogen and oxygen atoms in total. The maximum absolute atomic E-state index is 12.8. The second kappa shape index (κ2) is 8.41. The molecule has 1 aromatic heterocycles. The number of methoxy groups -OCH3 is 1. The van der Waals surface area contributed by atoms with Crippen molar-refractivity contribution in [3.63, 3.8) is 0 Å².